The summed E-state index contributed by atoms with van der Waals surface area (Å²) in [5, 5.41) is 30.5. The van der Waals surface area contributed by atoms with Crippen LogP contribution in [0.1, 0.15) is 30.1 Å². The van der Waals surface area contributed by atoms with E-state index in [1.165, 1.54) is 28.5 Å². The van der Waals surface area contributed by atoms with Gasteiger partial charge in [-0.3, -0.25) is 14.3 Å². The van der Waals surface area contributed by atoms with Gasteiger partial charge >= 0.3 is 11.5 Å². The fourth-order valence-electron chi connectivity index (χ4n) is 3.26. The van der Waals surface area contributed by atoms with Crippen LogP contribution in [0.2, 0.25) is 0 Å². The van der Waals surface area contributed by atoms with Gasteiger partial charge in [0.05, 0.1) is 12.6 Å². The molecule has 0 aromatic carbocycles. The number of nitrogens with zero attached hydrogens (tertiary/aromatic N) is 4. The lowest BCUT2D eigenvalue weighted by atomic mass is 10.0. The second-order valence-electron chi connectivity index (χ2n) is 6.40. The lowest BCUT2D eigenvalue weighted by Gasteiger charge is -2.23. The topological polar surface area (TPSA) is 166 Å². The predicted octanol–water partition coefficient (Wildman–Crippen LogP) is -0.860. The number of aliphatic hydroxyl groups excluding tert-OH is 2. The van der Waals surface area contributed by atoms with Crippen molar-refractivity contribution < 1.29 is 19.9 Å². The fraction of sp³-hybridized carbons (Fsp3) is 0.533. The first-order valence-electron chi connectivity index (χ1n) is 8.19. The van der Waals surface area contributed by atoms with E-state index in [2.05, 4.69) is 9.97 Å². The highest BCUT2D eigenvalue weighted by atomic mass is 16.6. The molecule has 0 bridgehead atoms. The maximum Gasteiger partial charge on any atom is 0.381 e. The van der Waals surface area contributed by atoms with Crippen molar-refractivity contribution in [3.05, 3.63) is 54.7 Å². The van der Waals surface area contributed by atoms with Gasteiger partial charge in [-0.05, 0) is 16.8 Å². The molecule has 0 amide bonds. The summed E-state index contributed by atoms with van der Waals surface area (Å²) in [6.07, 6.45) is -0.317. The number of aliphatic hydroxyl groups is 2. The molecular formula is C15H19N5O7. The van der Waals surface area contributed by atoms with E-state index in [1.54, 1.807) is 6.92 Å². The molecule has 1 fully saturated rings. The van der Waals surface area contributed by atoms with Gasteiger partial charge in [0.1, 0.15) is 24.6 Å². The molecular weight excluding hydrogens is 362 g/mol. The summed E-state index contributed by atoms with van der Waals surface area (Å²) in [4.78, 5) is 40.1. The third kappa shape index (κ3) is 3.41. The van der Waals surface area contributed by atoms with Crippen LogP contribution in [0.15, 0.2) is 22.0 Å². The van der Waals surface area contributed by atoms with Crippen molar-refractivity contribution in [1.82, 2.24) is 19.1 Å². The van der Waals surface area contributed by atoms with E-state index >= 15 is 0 Å². The van der Waals surface area contributed by atoms with Crippen molar-refractivity contribution in [2.24, 2.45) is 0 Å². The summed E-state index contributed by atoms with van der Waals surface area (Å²) in [5.41, 5.74) is -0.893. The molecule has 1 aliphatic rings. The second kappa shape index (κ2) is 7.06. The van der Waals surface area contributed by atoms with Crippen molar-refractivity contribution in [3.63, 3.8) is 0 Å². The number of aryl methyl sites for hydroxylation is 2. The molecule has 12 heteroatoms. The van der Waals surface area contributed by atoms with Gasteiger partial charge in [0.2, 0.25) is 5.82 Å². The first kappa shape index (κ1) is 18.9. The molecule has 3 N–H and O–H groups in total. The van der Waals surface area contributed by atoms with Gasteiger partial charge in [0, 0.05) is 25.1 Å². The summed E-state index contributed by atoms with van der Waals surface area (Å²) in [5.74, 6) is -0.0265. The maximum atomic E-state index is 12.1. The number of hydrogen-bond donors (Lipinski definition) is 3. The number of ether oxygens (including phenoxy) is 1. The van der Waals surface area contributed by atoms with E-state index in [0.29, 0.717) is 11.4 Å². The van der Waals surface area contributed by atoms with E-state index in [0.717, 1.165) is 0 Å². The third-order valence-corrected chi connectivity index (χ3v) is 4.61. The Morgan fingerprint density at radius 3 is 2.70 bits per heavy atom. The molecule has 12 nitrogen and oxygen atoms in total. The SMILES string of the molecule is Cc1cn([C@H]2C[C@@H](n3cc([N+](=O)[O-])nc3C)[C@@H]([C@H](O)CO)O2)c(=O)[nH]c1=O. The molecule has 3 heterocycles. The van der Waals surface area contributed by atoms with E-state index < -0.39 is 47.3 Å². The first-order chi connectivity index (χ1) is 12.7. The van der Waals surface area contributed by atoms with Crippen molar-refractivity contribution >= 4 is 5.82 Å². The Morgan fingerprint density at radius 1 is 1.41 bits per heavy atom. The Hall–Kier alpha value is -2.83. The van der Waals surface area contributed by atoms with E-state index in [-0.39, 0.29) is 12.2 Å². The zero-order valence-electron chi connectivity index (χ0n) is 14.6. The Bertz CT molecular complexity index is 978. The summed E-state index contributed by atoms with van der Waals surface area (Å²) in [7, 11) is 0. The van der Waals surface area contributed by atoms with Crippen LogP contribution >= 0.6 is 0 Å². The number of nitrogens with one attached hydrogen (secondary N) is 1. The van der Waals surface area contributed by atoms with Crippen LogP contribution in [0.3, 0.4) is 0 Å². The molecule has 0 aliphatic carbocycles. The number of nitro groups is 1. The Morgan fingerprint density at radius 2 is 2.11 bits per heavy atom. The molecule has 0 spiro atoms. The minimum atomic E-state index is -1.28. The van der Waals surface area contributed by atoms with Gasteiger partial charge in [-0.1, -0.05) is 0 Å². The quantitative estimate of drug-likeness (QED) is 0.444. The minimum absolute atomic E-state index is 0.168. The zero-order chi connectivity index (χ0) is 19.9. The molecule has 4 atom stereocenters. The molecule has 3 rings (SSSR count). The van der Waals surface area contributed by atoms with E-state index in [1.807, 2.05) is 0 Å². The Kier molecular flexibility index (Phi) is 4.95. The smallest absolute Gasteiger partial charge is 0.381 e. The standard InChI is InChI=1S/C15H19N5O7/c1-7-4-19(15(24)17-14(7)23)12-3-9(13(27-12)10(22)6-21)18-5-11(20(25)26)16-8(18)2/h4-5,9-10,12-13,21-22H,3,6H2,1-2H3,(H,17,23,24)/t9-,10-,12-,13+/m1/s1. The van der Waals surface area contributed by atoms with E-state index in [9.17, 15) is 29.9 Å². The first-order valence-corrected chi connectivity index (χ1v) is 8.19. The normalized spacial score (nSPS) is 23.5. The molecule has 2 aromatic heterocycles. The second-order valence-corrected chi connectivity index (χ2v) is 6.40. The van der Waals surface area contributed by atoms with Gasteiger partial charge in [-0.2, -0.15) is 0 Å². The molecule has 1 saturated heterocycles. The molecule has 0 radical (unpaired) electrons. The summed E-state index contributed by atoms with van der Waals surface area (Å²) < 4.78 is 8.46. The highest BCUT2D eigenvalue weighted by molar-refractivity contribution is 5.18. The van der Waals surface area contributed by atoms with Gasteiger partial charge < -0.3 is 29.6 Å². The Balaban J connectivity index is 2.01. The maximum absolute atomic E-state index is 12.1. The fourth-order valence-corrected chi connectivity index (χ4v) is 3.26. The van der Waals surface area contributed by atoms with Crippen LogP contribution in [0, 0.1) is 24.0 Å². The highest BCUT2D eigenvalue weighted by Gasteiger charge is 2.43. The van der Waals surface area contributed by atoms with Crippen LogP contribution in [0.25, 0.3) is 0 Å². The van der Waals surface area contributed by atoms with Crippen molar-refractivity contribution in [1.29, 1.82) is 0 Å². The lowest BCUT2D eigenvalue weighted by Crippen LogP contribution is -2.36. The Labute approximate surface area is 151 Å². The van der Waals surface area contributed by atoms with Gasteiger partial charge in [0.25, 0.3) is 5.56 Å². The average molecular weight is 381 g/mol. The van der Waals surface area contributed by atoms with Crippen molar-refractivity contribution in [3.8, 4) is 0 Å². The number of aromatic nitrogens is 4. The summed E-state index contributed by atoms with van der Waals surface area (Å²) in [6.45, 7) is 2.51. The molecule has 2 aromatic rings. The van der Waals surface area contributed by atoms with Crippen LogP contribution < -0.4 is 11.2 Å². The van der Waals surface area contributed by atoms with Crippen molar-refractivity contribution in [2.75, 3.05) is 6.61 Å². The minimum Gasteiger partial charge on any atom is -0.394 e. The summed E-state index contributed by atoms with van der Waals surface area (Å²) >= 11 is 0. The number of aromatic amines is 1. The number of imidazole rings is 1. The monoisotopic (exact) mass is 381 g/mol. The zero-order valence-corrected chi connectivity index (χ0v) is 14.6. The lowest BCUT2D eigenvalue weighted by molar-refractivity contribution is -0.389. The summed E-state index contributed by atoms with van der Waals surface area (Å²) in [6, 6.07) is -0.613. The van der Waals surface area contributed by atoms with Crippen LogP contribution in [0.5, 0.6) is 0 Å². The van der Waals surface area contributed by atoms with Crippen LogP contribution in [-0.4, -0.2) is 53.1 Å². The number of H-pyrrole nitrogens is 1. The largest absolute Gasteiger partial charge is 0.394 e. The predicted molar refractivity (Wildman–Crippen MR) is 90.3 cm³/mol. The average Bonchev–Trinajstić information content (AvgIpc) is 3.21. The van der Waals surface area contributed by atoms with Gasteiger partial charge in [-0.15, -0.1) is 0 Å². The number of rotatable bonds is 5. The molecule has 0 saturated carbocycles. The highest BCUT2D eigenvalue weighted by Crippen LogP contribution is 2.39. The molecule has 146 valence electrons. The molecule has 0 unspecified atom stereocenters. The number of hydrogen-bond acceptors (Lipinski definition) is 8. The van der Waals surface area contributed by atoms with Crippen molar-refractivity contribution in [2.45, 2.75) is 44.7 Å². The third-order valence-electron chi connectivity index (χ3n) is 4.61. The molecule has 27 heavy (non-hydrogen) atoms. The van der Waals surface area contributed by atoms with Gasteiger partial charge in [-0.25, -0.2) is 4.79 Å². The van der Waals surface area contributed by atoms with Crippen LogP contribution in [0.4, 0.5) is 5.82 Å². The van der Waals surface area contributed by atoms with Crippen LogP contribution in [-0.2, 0) is 4.74 Å². The van der Waals surface area contributed by atoms with Gasteiger partial charge in [0.15, 0.2) is 0 Å². The molecule has 1 aliphatic heterocycles. The van der Waals surface area contributed by atoms with E-state index in [4.69, 9.17) is 4.74 Å².